The number of halogens is 1. The number of hydrogen-bond donors (Lipinski definition) is 1. The summed E-state index contributed by atoms with van der Waals surface area (Å²) < 4.78 is 6.46. The molecule has 1 aliphatic rings. The highest BCUT2D eigenvalue weighted by atomic mass is 79.9. The van der Waals surface area contributed by atoms with Crippen molar-refractivity contribution in [1.82, 2.24) is 4.90 Å². The van der Waals surface area contributed by atoms with Crippen LogP contribution in [0.25, 0.3) is 11.1 Å². The predicted molar refractivity (Wildman–Crippen MR) is 125 cm³/mol. The SMILES string of the molecule is O=C(COc1ccc(-c2ccccc2)cc1Br)Nc1cccc(C(=O)N2CCCC2)c1. The number of nitrogens with one attached hydrogen (secondary N) is 1. The van der Waals surface area contributed by atoms with Gasteiger partial charge in [0.05, 0.1) is 4.47 Å². The minimum atomic E-state index is -0.287. The highest BCUT2D eigenvalue weighted by Crippen LogP contribution is 2.30. The van der Waals surface area contributed by atoms with Crippen molar-refractivity contribution in [3.05, 3.63) is 82.8 Å². The standard InChI is InChI=1S/C25H23BrN2O3/c26-22-16-19(18-7-2-1-3-8-18)11-12-23(22)31-17-24(29)27-21-10-6-9-20(15-21)25(30)28-13-4-5-14-28/h1-3,6-12,15-16H,4-5,13-14,17H2,(H,27,29). The zero-order valence-corrected chi connectivity index (χ0v) is 18.6. The third-order valence-corrected chi connectivity index (χ3v) is 5.80. The van der Waals surface area contributed by atoms with Gasteiger partial charge in [-0.1, -0.05) is 42.5 Å². The van der Waals surface area contributed by atoms with Crippen LogP contribution in [-0.2, 0) is 4.79 Å². The number of nitrogens with zero attached hydrogens (tertiary/aromatic N) is 1. The summed E-state index contributed by atoms with van der Waals surface area (Å²) in [5, 5.41) is 2.80. The molecule has 0 aromatic heterocycles. The Bertz CT molecular complexity index is 1080. The Morgan fingerprint density at radius 2 is 1.68 bits per heavy atom. The van der Waals surface area contributed by atoms with Gasteiger partial charge in [-0.2, -0.15) is 0 Å². The van der Waals surface area contributed by atoms with Crippen molar-refractivity contribution in [3.8, 4) is 16.9 Å². The maximum atomic E-state index is 12.5. The van der Waals surface area contributed by atoms with E-state index in [4.69, 9.17) is 4.74 Å². The highest BCUT2D eigenvalue weighted by molar-refractivity contribution is 9.10. The number of amides is 2. The molecule has 0 radical (unpaired) electrons. The van der Waals surface area contributed by atoms with E-state index in [1.165, 1.54) is 0 Å². The van der Waals surface area contributed by atoms with Gasteiger partial charge in [0.1, 0.15) is 5.75 Å². The number of hydrogen-bond acceptors (Lipinski definition) is 3. The Kier molecular flexibility index (Phi) is 6.67. The fourth-order valence-corrected chi connectivity index (χ4v) is 4.09. The number of benzene rings is 3. The monoisotopic (exact) mass is 478 g/mol. The van der Waals surface area contributed by atoms with Gasteiger partial charge in [-0.3, -0.25) is 9.59 Å². The van der Waals surface area contributed by atoms with Crippen LogP contribution in [-0.4, -0.2) is 36.4 Å². The van der Waals surface area contributed by atoms with Crippen LogP contribution < -0.4 is 10.1 Å². The number of ether oxygens (including phenoxy) is 1. The van der Waals surface area contributed by atoms with Gasteiger partial charge in [0.2, 0.25) is 0 Å². The zero-order valence-electron chi connectivity index (χ0n) is 17.0. The second-order valence-electron chi connectivity index (χ2n) is 7.43. The van der Waals surface area contributed by atoms with Crippen LogP contribution in [0.5, 0.6) is 5.75 Å². The second-order valence-corrected chi connectivity index (χ2v) is 8.28. The molecule has 6 heteroatoms. The lowest BCUT2D eigenvalue weighted by atomic mass is 10.1. The summed E-state index contributed by atoms with van der Waals surface area (Å²) in [7, 11) is 0. The van der Waals surface area contributed by atoms with Crippen LogP contribution in [0.1, 0.15) is 23.2 Å². The average Bonchev–Trinajstić information content (AvgIpc) is 3.33. The minimum Gasteiger partial charge on any atom is -0.483 e. The molecule has 0 atom stereocenters. The lowest BCUT2D eigenvalue weighted by Gasteiger charge is -2.16. The highest BCUT2D eigenvalue weighted by Gasteiger charge is 2.19. The van der Waals surface area contributed by atoms with Gasteiger partial charge in [-0.15, -0.1) is 0 Å². The molecule has 0 unspecified atom stereocenters. The number of rotatable bonds is 6. The molecular weight excluding hydrogens is 456 g/mol. The summed E-state index contributed by atoms with van der Waals surface area (Å²) in [6.45, 7) is 1.45. The van der Waals surface area contributed by atoms with Crippen molar-refractivity contribution in [2.75, 3.05) is 25.0 Å². The van der Waals surface area contributed by atoms with Crippen molar-refractivity contribution >= 4 is 33.4 Å². The molecule has 0 aliphatic carbocycles. The molecule has 1 fully saturated rings. The molecule has 1 aliphatic heterocycles. The van der Waals surface area contributed by atoms with E-state index in [2.05, 4.69) is 21.2 Å². The van der Waals surface area contributed by atoms with Gasteiger partial charge in [-0.25, -0.2) is 0 Å². The van der Waals surface area contributed by atoms with Crippen molar-refractivity contribution in [3.63, 3.8) is 0 Å². The first kappa shape index (κ1) is 21.1. The predicted octanol–water partition coefficient (Wildman–Crippen LogP) is 5.37. The van der Waals surface area contributed by atoms with E-state index < -0.39 is 0 Å². The Morgan fingerprint density at radius 1 is 0.903 bits per heavy atom. The van der Waals surface area contributed by atoms with Crippen molar-refractivity contribution in [1.29, 1.82) is 0 Å². The molecule has 3 aromatic carbocycles. The lowest BCUT2D eigenvalue weighted by molar-refractivity contribution is -0.118. The molecule has 2 amide bonds. The minimum absolute atomic E-state index is 0.00675. The fourth-order valence-electron chi connectivity index (χ4n) is 3.60. The van der Waals surface area contributed by atoms with Gasteiger partial charge >= 0.3 is 0 Å². The number of likely N-dealkylation sites (tertiary alicyclic amines) is 1. The number of anilines is 1. The summed E-state index contributed by atoms with van der Waals surface area (Å²) in [5.41, 5.74) is 3.33. The maximum Gasteiger partial charge on any atom is 0.262 e. The van der Waals surface area contributed by atoms with Crippen molar-refractivity contribution < 1.29 is 14.3 Å². The maximum absolute atomic E-state index is 12.5. The molecule has 0 bridgehead atoms. The van der Waals surface area contributed by atoms with Gasteiger partial charge in [0.15, 0.2) is 6.61 Å². The first-order chi connectivity index (χ1) is 15.1. The van der Waals surface area contributed by atoms with E-state index in [0.29, 0.717) is 17.0 Å². The molecule has 1 saturated heterocycles. The Balaban J connectivity index is 1.35. The topological polar surface area (TPSA) is 58.6 Å². The Morgan fingerprint density at radius 3 is 2.42 bits per heavy atom. The van der Waals surface area contributed by atoms with Gasteiger partial charge < -0.3 is 15.0 Å². The Labute approximate surface area is 190 Å². The summed E-state index contributed by atoms with van der Waals surface area (Å²) in [4.78, 5) is 26.8. The number of carbonyl (C=O) groups excluding carboxylic acids is 2. The van der Waals surface area contributed by atoms with Gasteiger partial charge in [-0.05, 0) is 70.2 Å². The average molecular weight is 479 g/mol. The molecule has 158 valence electrons. The van der Waals surface area contributed by atoms with Crippen LogP contribution in [0.4, 0.5) is 5.69 Å². The summed E-state index contributed by atoms with van der Waals surface area (Å²) in [5.74, 6) is 0.310. The Hall–Kier alpha value is -3.12. The molecule has 0 spiro atoms. The number of carbonyl (C=O) groups is 2. The smallest absolute Gasteiger partial charge is 0.262 e. The molecule has 4 rings (SSSR count). The largest absolute Gasteiger partial charge is 0.483 e. The van der Waals surface area contributed by atoms with Crippen LogP contribution in [0.2, 0.25) is 0 Å². The van der Waals surface area contributed by atoms with E-state index in [1.807, 2.05) is 53.4 Å². The second kappa shape index (κ2) is 9.79. The zero-order chi connectivity index (χ0) is 21.6. The van der Waals surface area contributed by atoms with E-state index in [-0.39, 0.29) is 18.4 Å². The van der Waals surface area contributed by atoms with E-state index in [1.54, 1.807) is 24.3 Å². The third kappa shape index (κ3) is 5.33. The summed E-state index contributed by atoms with van der Waals surface area (Å²) >= 11 is 3.52. The molecule has 31 heavy (non-hydrogen) atoms. The van der Waals surface area contributed by atoms with E-state index in [0.717, 1.165) is 41.5 Å². The molecule has 3 aromatic rings. The van der Waals surface area contributed by atoms with Crippen LogP contribution in [0, 0.1) is 0 Å². The fraction of sp³-hybridized carbons (Fsp3) is 0.200. The molecular formula is C25H23BrN2O3. The van der Waals surface area contributed by atoms with Crippen molar-refractivity contribution in [2.24, 2.45) is 0 Å². The first-order valence-corrected chi connectivity index (χ1v) is 11.1. The molecule has 0 saturated carbocycles. The molecule has 5 nitrogen and oxygen atoms in total. The first-order valence-electron chi connectivity index (χ1n) is 10.3. The van der Waals surface area contributed by atoms with Crippen LogP contribution in [0.3, 0.4) is 0 Å². The van der Waals surface area contributed by atoms with Crippen LogP contribution >= 0.6 is 15.9 Å². The van der Waals surface area contributed by atoms with Crippen LogP contribution in [0.15, 0.2) is 77.3 Å². The molecule has 1 heterocycles. The van der Waals surface area contributed by atoms with Gasteiger partial charge in [0, 0.05) is 24.3 Å². The molecule has 1 N–H and O–H groups in total. The quantitative estimate of drug-likeness (QED) is 0.517. The normalized spacial score (nSPS) is 13.1. The van der Waals surface area contributed by atoms with E-state index in [9.17, 15) is 9.59 Å². The summed E-state index contributed by atoms with van der Waals surface area (Å²) in [6, 6.07) is 22.8. The third-order valence-electron chi connectivity index (χ3n) is 5.18. The lowest BCUT2D eigenvalue weighted by Crippen LogP contribution is -2.27. The van der Waals surface area contributed by atoms with E-state index >= 15 is 0 Å². The van der Waals surface area contributed by atoms with Gasteiger partial charge in [0.25, 0.3) is 11.8 Å². The summed E-state index contributed by atoms with van der Waals surface area (Å²) in [6.07, 6.45) is 2.09. The van der Waals surface area contributed by atoms with Crippen molar-refractivity contribution in [2.45, 2.75) is 12.8 Å².